The van der Waals surface area contributed by atoms with E-state index in [1.165, 1.54) is 0 Å². The molecule has 19 heavy (non-hydrogen) atoms. The normalized spacial score (nSPS) is 12.1. The highest BCUT2D eigenvalue weighted by Gasteiger charge is 2.15. The highest BCUT2D eigenvalue weighted by atomic mass is 16.4. The number of aromatic nitrogens is 2. The molecular weight excluding hydrogens is 244 g/mol. The Bertz CT molecular complexity index is 381. The van der Waals surface area contributed by atoms with Gasteiger partial charge in [0, 0.05) is 31.0 Å². The maximum atomic E-state index is 11.0. The zero-order valence-corrected chi connectivity index (χ0v) is 11.5. The van der Waals surface area contributed by atoms with E-state index < -0.39 is 12.0 Å². The number of carbonyl (C=O) groups is 1. The Kier molecular flexibility index (Phi) is 6.81. The molecule has 6 heteroatoms. The predicted octanol–water partition coefficient (Wildman–Crippen LogP) is 1.64. The Balaban J connectivity index is 2.46. The molecule has 0 aliphatic rings. The summed E-state index contributed by atoms with van der Waals surface area (Å²) in [7, 11) is 0. The summed E-state index contributed by atoms with van der Waals surface area (Å²) in [6.07, 6.45) is 5.89. The molecule has 1 heterocycles. The van der Waals surface area contributed by atoms with Gasteiger partial charge < -0.3 is 15.7 Å². The number of rotatable bonds is 9. The van der Waals surface area contributed by atoms with Gasteiger partial charge in [-0.15, -0.1) is 0 Å². The molecule has 106 valence electrons. The molecule has 1 aromatic heterocycles. The number of hydrogen-bond acceptors (Lipinski definition) is 5. The van der Waals surface area contributed by atoms with Crippen LogP contribution >= 0.6 is 0 Å². The fraction of sp³-hybridized carbons (Fsp3) is 0.615. The van der Waals surface area contributed by atoms with Crippen LogP contribution in [0, 0.1) is 0 Å². The van der Waals surface area contributed by atoms with Crippen molar-refractivity contribution in [3.8, 4) is 0 Å². The van der Waals surface area contributed by atoms with Gasteiger partial charge >= 0.3 is 5.97 Å². The van der Waals surface area contributed by atoms with Crippen LogP contribution in [0.1, 0.15) is 38.7 Å². The van der Waals surface area contributed by atoms with Crippen molar-refractivity contribution in [3.05, 3.63) is 18.0 Å². The summed E-state index contributed by atoms with van der Waals surface area (Å²) in [5.41, 5.74) is 0.879. The highest BCUT2D eigenvalue weighted by molar-refractivity contribution is 5.73. The van der Waals surface area contributed by atoms with E-state index >= 15 is 0 Å². The summed E-state index contributed by atoms with van der Waals surface area (Å²) < 4.78 is 0. The number of anilines is 1. The molecule has 0 aromatic carbocycles. The second-order valence-corrected chi connectivity index (χ2v) is 4.40. The van der Waals surface area contributed by atoms with Crippen LogP contribution in [-0.4, -0.2) is 33.6 Å². The van der Waals surface area contributed by atoms with E-state index in [0.717, 1.165) is 24.9 Å². The Hall–Kier alpha value is -1.69. The third-order valence-electron chi connectivity index (χ3n) is 2.67. The molecule has 6 nitrogen and oxygen atoms in total. The van der Waals surface area contributed by atoms with Crippen LogP contribution in [0.4, 0.5) is 5.95 Å². The van der Waals surface area contributed by atoms with Crippen molar-refractivity contribution < 1.29 is 9.90 Å². The van der Waals surface area contributed by atoms with Crippen LogP contribution in [0.2, 0.25) is 0 Å². The van der Waals surface area contributed by atoms with Crippen molar-refractivity contribution >= 4 is 11.9 Å². The predicted molar refractivity (Wildman–Crippen MR) is 74.0 cm³/mol. The molecule has 0 amide bonds. The van der Waals surface area contributed by atoms with Crippen molar-refractivity contribution in [2.24, 2.45) is 0 Å². The maximum Gasteiger partial charge on any atom is 0.320 e. The largest absolute Gasteiger partial charge is 0.480 e. The van der Waals surface area contributed by atoms with E-state index in [0.29, 0.717) is 18.9 Å². The summed E-state index contributed by atoms with van der Waals surface area (Å²) in [4.78, 5) is 19.3. The smallest absolute Gasteiger partial charge is 0.320 e. The first kappa shape index (κ1) is 15.4. The molecule has 0 aliphatic carbocycles. The molecule has 1 unspecified atom stereocenters. The molecular formula is C13H22N4O2. The summed E-state index contributed by atoms with van der Waals surface area (Å²) in [5, 5.41) is 15.1. The molecule has 1 atom stereocenters. The zero-order chi connectivity index (χ0) is 14.1. The molecule has 0 fully saturated rings. The van der Waals surface area contributed by atoms with Gasteiger partial charge in [-0.3, -0.25) is 4.79 Å². The molecule has 0 saturated carbocycles. The maximum absolute atomic E-state index is 11.0. The average molecular weight is 266 g/mol. The lowest BCUT2D eigenvalue weighted by Crippen LogP contribution is -2.36. The monoisotopic (exact) mass is 266 g/mol. The average Bonchev–Trinajstić information content (AvgIpc) is 2.42. The lowest BCUT2D eigenvalue weighted by Gasteiger charge is -2.13. The second-order valence-electron chi connectivity index (χ2n) is 4.40. The Labute approximate surface area is 113 Å². The number of carboxylic acids is 1. The zero-order valence-electron chi connectivity index (χ0n) is 11.5. The van der Waals surface area contributed by atoms with Gasteiger partial charge in [-0.1, -0.05) is 20.3 Å². The fourth-order valence-corrected chi connectivity index (χ4v) is 1.62. The van der Waals surface area contributed by atoms with E-state index in [1.807, 2.05) is 6.92 Å². The molecule has 0 bridgehead atoms. The van der Waals surface area contributed by atoms with Crippen LogP contribution < -0.4 is 10.6 Å². The third kappa shape index (κ3) is 5.65. The van der Waals surface area contributed by atoms with E-state index in [2.05, 4.69) is 27.5 Å². The Morgan fingerprint density at radius 1 is 1.32 bits per heavy atom. The van der Waals surface area contributed by atoms with E-state index in [1.54, 1.807) is 12.4 Å². The number of nitrogens with one attached hydrogen (secondary N) is 2. The van der Waals surface area contributed by atoms with E-state index in [4.69, 9.17) is 5.11 Å². The van der Waals surface area contributed by atoms with Crippen LogP contribution in [0.3, 0.4) is 0 Å². The number of aliphatic carboxylic acids is 1. The highest BCUT2D eigenvalue weighted by Crippen LogP contribution is 2.03. The van der Waals surface area contributed by atoms with Crippen LogP contribution in [-0.2, 0) is 11.3 Å². The van der Waals surface area contributed by atoms with Gasteiger partial charge in [-0.2, -0.15) is 0 Å². The first-order valence-electron chi connectivity index (χ1n) is 6.68. The third-order valence-corrected chi connectivity index (χ3v) is 2.67. The first-order chi connectivity index (χ1) is 9.17. The second kappa shape index (κ2) is 8.42. The Morgan fingerprint density at radius 3 is 2.53 bits per heavy atom. The summed E-state index contributed by atoms with van der Waals surface area (Å²) in [5.74, 6) is -0.210. The Morgan fingerprint density at radius 2 is 2.00 bits per heavy atom. The van der Waals surface area contributed by atoms with E-state index in [-0.39, 0.29) is 0 Å². The van der Waals surface area contributed by atoms with Crippen LogP contribution in [0.15, 0.2) is 12.4 Å². The summed E-state index contributed by atoms with van der Waals surface area (Å²) in [6, 6.07) is -0.511. The van der Waals surface area contributed by atoms with Crippen molar-refractivity contribution in [1.82, 2.24) is 15.3 Å². The van der Waals surface area contributed by atoms with Crippen molar-refractivity contribution in [2.75, 3.05) is 11.9 Å². The number of carboxylic acid groups (broad SMARTS) is 1. The number of hydrogen-bond donors (Lipinski definition) is 3. The van der Waals surface area contributed by atoms with Crippen LogP contribution in [0.5, 0.6) is 0 Å². The fourth-order valence-electron chi connectivity index (χ4n) is 1.62. The van der Waals surface area contributed by atoms with Crippen LogP contribution in [0.25, 0.3) is 0 Å². The first-order valence-corrected chi connectivity index (χ1v) is 6.68. The molecule has 0 aliphatic heterocycles. The molecule has 1 aromatic rings. The lowest BCUT2D eigenvalue weighted by molar-refractivity contribution is -0.139. The molecule has 0 spiro atoms. The lowest BCUT2D eigenvalue weighted by atomic mass is 10.1. The van der Waals surface area contributed by atoms with Gasteiger partial charge in [0.15, 0.2) is 0 Å². The van der Waals surface area contributed by atoms with Gasteiger partial charge in [0.1, 0.15) is 6.04 Å². The van der Waals surface area contributed by atoms with Crippen molar-refractivity contribution in [1.29, 1.82) is 0 Å². The van der Waals surface area contributed by atoms with Crippen molar-refractivity contribution in [2.45, 2.75) is 45.7 Å². The van der Waals surface area contributed by atoms with E-state index in [9.17, 15) is 4.79 Å². The minimum Gasteiger partial charge on any atom is -0.480 e. The van der Waals surface area contributed by atoms with Gasteiger partial charge in [0.25, 0.3) is 0 Å². The molecule has 1 rings (SSSR count). The topological polar surface area (TPSA) is 87.1 Å². The van der Waals surface area contributed by atoms with Gasteiger partial charge in [0.05, 0.1) is 0 Å². The quantitative estimate of drug-likeness (QED) is 0.630. The number of nitrogens with zero attached hydrogens (tertiary/aromatic N) is 2. The summed E-state index contributed by atoms with van der Waals surface area (Å²) in [6.45, 7) is 5.35. The SMILES string of the molecule is CCCNc1ncc(CNC(CCC)C(=O)O)cn1. The van der Waals surface area contributed by atoms with Crippen molar-refractivity contribution in [3.63, 3.8) is 0 Å². The molecule has 3 N–H and O–H groups in total. The molecule has 0 saturated heterocycles. The standard InChI is InChI=1S/C13H22N4O2/c1-3-5-11(12(18)19)15-7-10-8-16-13(17-9-10)14-6-4-2/h8-9,11,15H,3-7H2,1-2H3,(H,18,19)(H,14,16,17). The minimum atomic E-state index is -0.816. The summed E-state index contributed by atoms with van der Waals surface area (Å²) >= 11 is 0. The van der Waals surface area contributed by atoms with Gasteiger partial charge in [-0.05, 0) is 12.8 Å². The van der Waals surface area contributed by atoms with Gasteiger partial charge in [0.2, 0.25) is 5.95 Å². The molecule has 0 radical (unpaired) electrons. The minimum absolute atomic E-state index is 0.463. The van der Waals surface area contributed by atoms with Gasteiger partial charge in [-0.25, -0.2) is 9.97 Å².